The lowest BCUT2D eigenvalue weighted by Gasteiger charge is -2.11. The van der Waals surface area contributed by atoms with Crippen LogP contribution in [-0.2, 0) is 9.63 Å². The second-order valence-corrected chi connectivity index (χ2v) is 2.27. The van der Waals surface area contributed by atoms with Crippen LogP contribution in [0.5, 0.6) is 0 Å². The van der Waals surface area contributed by atoms with Gasteiger partial charge < -0.3 is 0 Å². The summed E-state index contributed by atoms with van der Waals surface area (Å²) in [6.07, 6.45) is -4.78. The number of nitrogens with one attached hydrogen (secondary N) is 1. The number of rotatable bonds is 3. The zero-order chi connectivity index (χ0) is 9.78. The number of halogens is 3. The van der Waals surface area contributed by atoms with Crippen molar-refractivity contribution in [2.75, 3.05) is 0 Å². The second kappa shape index (κ2) is 4.30. The van der Waals surface area contributed by atoms with Crippen LogP contribution in [-0.4, -0.2) is 18.2 Å². The molecule has 1 N–H and O–H groups in total. The van der Waals surface area contributed by atoms with Crippen molar-refractivity contribution in [1.29, 1.82) is 0 Å². The van der Waals surface area contributed by atoms with Gasteiger partial charge in [0.1, 0.15) is 0 Å². The Labute approximate surface area is 67.8 Å². The first-order valence-electron chi connectivity index (χ1n) is 3.40. The zero-order valence-corrected chi connectivity index (χ0v) is 6.73. The predicted octanol–water partition coefficient (Wildman–Crippen LogP) is 1.39. The van der Waals surface area contributed by atoms with Crippen molar-refractivity contribution >= 4 is 5.91 Å². The third kappa shape index (κ3) is 4.17. The molecule has 12 heavy (non-hydrogen) atoms. The van der Waals surface area contributed by atoms with Gasteiger partial charge in [-0.3, -0.25) is 9.63 Å². The van der Waals surface area contributed by atoms with E-state index in [1.54, 1.807) is 13.8 Å². The molecule has 0 saturated heterocycles. The maximum absolute atomic E-state index is 11.5. The van der Waals surface area contributed by atoms with Crippen LogP contribution in [0.25, 0.3) is 0 Å². The van der Waals surface area contributed by atoms with Crippen molar-refractivity contribution in [3.8, 4) is 0 Å². The molecule has 0 heterocycles. The van der Waals surface area contributed by atoms with Crippen molar-refractivity contribution in [3.05, 3.63) is 0 Å². The Morgan fingerprint density at radius 2 is 2.08 bits per heavy atom. The van der Waals surface area contributed by atoms with Crippen LogP contribution in [0, 0.1) is 0 Å². The first-order chi connectivity index (χ1) is 5.38. The molecule has 0 aromatic carbocycles. The summed E-state index contributed by atoms with van der Waals surface area (Å²) in [5.74, 6) is -2.08. The summed E-state index contributed by atoms with van der Waals surface area (Å²) in [6, 6.07) is 0. The molecule has 0 spiro atoms. The molecule has 0 bridgehead atoms. The van der Waals surface area contributed by atoms with Crippen LogP contribution in [0.4, 0.5) is 13.2 Å². The molecule has 1 unspecified atom stereocenters. The molecule has 0 aliphatic carbocycles. The quantitative estimate of drug-likeness (QED) is 0.675. The Balaban J connectivity index is 3.73. The van der Waals surface area contributed by atoms with Crippen LogP contribution in [0.15, 0.2) is 0 Å². The molecular formula is C6H10F3NO2. The summed E-state index contributed by atoms with van der Waals surface area (Å²) in [4.78, 5) is 14.5. The van der Waals surface area contributed by atoms with Crippen molar-refractivity contribution in [1.82, 2.24) is 5.48 Å². The van der Waals surface area contributed by atoms with E-state index in [4.69, 9.17) is 0 Å². The molecule has 0 aromatic heterocycles. The fourth-order valence-electron chi connectivity index (χ4n) is 0.295. The zero-order valence-electron chi connectivity index (χ0n) is 6.73. The summed E-state index contributed by atoms with van der Waals surface area (Å²) in [7, 11) is 0. The molecule has 3 nitrogen and oxygen atoms in total. The van der Waals surface area contributed by atoms with Crippen LogP contribution in [0.3, 0.4) is 0 Å². The number of hydrogen-bond donors (Lipinski definition) is 1. The number of alkyl halides is 3. The Kier molecular flexibility index (Phi) is 4.02. The monoisotopic (exact) mass is 185 g/mol. The van der Waals surface area contributed by atoms with Crippen LogP contribution < -0.4 is 5.48 Å². The highest BCUT2D eigenvalue weighted by atomic mass is 19.4. The molecule has 0 aromatic rings. The summed E-state index contributed by atoms with van der Waals surface area (Å²) < 4.78 is 34.5. The fourth-order valence-corrected chi connectivity index (χ4v) is 0.295. The number of amides is 1. The topological polar surface area (TPSA) is 38.3 Å². The second-order valence-electron chi connectivity index (χ2n) is 2.27. The third-order valence-electron chi connectivity index (χ3n) is 1.19. The first kappa shape index (κ1) is 11.2. The molecule has 0 radical (unpaired) electrons. The molecular weight excluding hydrogens is 175 g/mol. The largest absolute Gasteiger partial charge is 0.473 e. The van der Waals surface area contributed by atoms with E-state index in [1.807, 2.05) is 0 Å². The Hall–Kier alpha value is -0.780. The molecule has 0 saturated carbocycles. The molecule has 6 heteroatoms. The van der Waals surface area contributed by atoms with Gasteiger partial charge in [0.2, 0.25) is 0 Å². The highest BCUT2D eigenvalue weighted by Gasteiger charge is 2.39. The number of hydroxylamine groups is 1. The maximum Gasteiger partial charge on any atom is 0.473 e. The van der Waals surface area contributed by atoms with E-state index in [2.05, 4.69) is 4.84 Å². The summed E-state index contributed by atoms with van der Waals surface area (Å²) >= 11 is 0. The van der Waals surface area contributed by atoms with E-state index >= 15 is 0 Å². The number of carbonyl (C=O) groups is 1. The standard InChI is InChI=1S/C6H10F3NO2/c1-3-4(2)12-10-5(11)6(7,8)9/h4H,3H2,1-2H3,(H,10,11). The highest BCUT2D eigenvalue weighted by molar-refractivity contribution is 5.80. The molecule has 0 fully saturated rings. The normalized spacial score (nSPS) is 14.1. The van der Waals surface area contributed by atoms with E-state index in [9.17, 15) is 18.0 Å². The first-order valence-corrected chi connectivity index (χ1v) is 3.40. The average Bonchev–Trinajstić information content (AvgIpc) is 1.97. The average molecular weight is 185 g/mol. The fraction of sp³-hybridized carbons (Fsp3) is 0.833. The van der Waals surface area contributed by atoms with Crippen LogP contribution >= 0.6 is 0 Å². The molecule has 0 aliphatic heterocycles. The molecule has 0 rings (SSSR count). The SMILES string of the molecule is CCC(C)ONC(=O)C(F)(F)F. The molecule has 72 valence electrons. The van der Waals surface area contributed by atoms with Gasteiger partial charge in [0.05, 0.1) is 6.10 Å². The van der Waals surface area contributed by atoms with E-state index in [-0.39, 0.29) is 0 Å². The Morgan fingerprint density at radius 1 is 1.58 bits per heavy atom. The van der Waals surface area contributed by atoms with Gasteiger partial charge in [-0.15, -0.1) is 0 Å². The molecule has 1 amide bonds. The Bertz CT molecular complexity index is 157. The summed E-state index contributed by atoms with van der Waals surface area (Å²) in [5.41, 5.74) is 1.31. The van der Waals surface area contributed by atoms with Gasteiger partial charge in [-0.1, -0.05) is 6.92 Å². The smallest absolute Gasteiger partial charge is 0.270 e. The van der Waals surface area contributed by atoms with Crippen molar-refractivity contribution < 1.29 is 22.8 Å². The highest BCUT2D eigenvalue weighted by Crippen LogP contribution is 2.14. The van der Waals surface area contributed by atoms with E-state index in [0.717, 1.165) is 0 Å². The van der Waals surface area contributed by atoms with Crippen molar-refractivity contribution in [2.45, 2.75) is 32.5 Å². The minimum Gasteiger partial charge on any atom is -0.270 e. The minimum atomic E-state index is -4.88. The molecule has 1 atom stereocenters. The number of carbonyl (C=O) groups excluding carboxylic acids is 1. The van der Waals surface area contributed by atoms with E-state index in [1.165, 1.54) is 5.48 Å². The summed E-state index contributed by atoms with van der Waals surface area (Å²) in [6.45, 7) is 3.28. The van der Waals surface area contributed by atoms with Gasteiger partial charge in [0, 0.05) is 0 Å². The lowest BCUT2D eigenvalue weighted by molar-refractivity contribution is -0.189. The summed E-state index contributed by atoms with van der Waals surface area (Å²) in [5, 5.41) is 0. The van der Waals surface area contributed by atoms with Crippen molar-refractivity contribution in [2.24, 2.45) is 0 Å². The van der Waals surface area contributed by atoms with Gasteiger partial charge in [-0.2, -0.15) is 13.2 Å². The van der Waals surface area contributed by atoms with Gasteiger partial charge in [-0.25, -0.2) is 5.48 Å². The maximum atomic E-state index is 11.5. The lowest BCUT2D eigenvalue weighted by Crippen LogP contribution is -2.38. The predicted molar refractivity (Wildman–Crippen MR) is 35.0 cm³/mol. The van der Waals surface area contributed by atoms with Gasteiger partial charge in [-0.05, 0) is 13.3 Å². The third-order valence-corrected chi connectivity index (χ3v) is 1.19. The van der Waals surface area contributed by atoms with E-state index < -0.39 is 18.2 Å². The van der Waals surface area contributed by atoms with Gasteiger partial charge in [0.15, 0.2) is 0 Å². The number of hydrogen-bond acceptors (Lipinski definition) is 2. The van der Waals surface area contributed by atoms with Gasteiger partial charge in [0.25, 0.3) is 0 Å². The Morgan fingerprint density at radius 3 is 2.42 bits per heavy atom. The van der Waals surface area contributed by atoms with Crippen molar-refractivity contribution in [3.63, 3.8) is 0 Å². The lowest BCUT2D eigenvalue weighted by atomic mass is 10.3. The van der Waals surface area contributed by atoms with Gasteiger partial charge >= 0.3 is 12.1 Å². The van der Waals surface area contributed by atoms with Crippen LogP contribution in [0.2, 0.25) is 0 Å². The molecule has 0 aliphatic rings. The minimum absolute atomic E-state index is 0.420. The van der Waals surface area contributed by atoms with Crippen LogP contribution in [0.1, 0.15) is 20.3 Å². The van der Waals surface area contributed by atoms with E-state index in [0.29, 0.717) is 6.42 Å².